The van der Waals surface area contributed by atoms with E-state index in [9.17, 15) is 8.42 Å². The molecular formula is C13H13N3O2S2. The number of aromatic nitrogens is 1. The smallest absolute Gasteiger partial charge is 0.241 e. The van der Waals surface area contributed by atoms with Crippen molar-refractivity contribution in [2.24, 2.45) is 0 Å². The maximum atomic E-state index is 12.3. The van der Waals surface area contributed by atoms with Crippen molar-refractivity contribution in [3.63, 3.8) is 0 Å². The Hall–Kier alpha value is -1.75. The summed E-state index contributed by atoms with van der Waals surface area (Å²) in [6.45, 7) is 3.76. The lowest BCUT2D eigenvalue weighted by molar-refractivity contribution is 0.581. The van der Waals surface area contributed by atoms with Gasteiger partial charge in [-0.2, -0.15) is 5.26 Å². The number of thiazole rings is 1. The number of nitrogens with zero attached hydrogens (tertiary/aromatic N) is 2. The molecule has 0 spiro atoms. The van der Waals surface area contributed by atoms with Crippen molar-refractivity contribution in [3.8, 4) is 6.07 Å². The van der Waals surface area contributed by atoms with Crippen molar-refractivity contribution >= 4 is 21.4 Å². The van der Waals surface area contributed by atoms with Crippen LogP contribution in [0, 0.1) is 25.2 Å². The third-order valence-corrected chi connectivity index (χ3v) is 5.17. The Kier molecular flexibility index (Phi) is 4.18. The normalized spacial score (nSPS) is 11.2. The van der Waals surface area contributed by atoms with E-state index in [0.717, 1.165) is 9.88 Å². The molecule has 2 aromatic rings. The number of hydrogen-bond donors (Lipinski definition) is 1. The first kappa shape index (κ1) is 14.7. The second kappa shape index (κ2) is 5.71. The van der Waals surface area contributed by atoms with Crippen molar-refractivity contribution in [1.82, 2.24) is 9.71 Å². The molecule has 7 heteroatoms. The Morgan fingerprint density at radius 2 is 2.15 bits per heavy atom. The molecule has 0 radical (unpaired) electrons. The minimum absolute atomic E-state index is 0.137. The quantitative estimate of drug-likeness (QED) is 0.937. The number of rotatable bonds is 4. The van der Waals surface area contributed by atoms with E-state index in [1.54, 1.807) is 25.3 Å². The maximum absolute atomic E-state index is 12.3. The van der Waals surface area contributed by atoms with E-state index < -0.39 is 10.0 Å². The molecule has 20 heavy (non-hydrogen) atoms. The molecule has 0 unspecified atom stereocenters. The molecule has 1 heterocycles. The first-order valence-corrected chi connectivity index (χ1v) is 8.14. The summed E-state index contributed by atoms with van der Waals surface area (Å²) in [5, 5.41) is 9.75. The van der Waals surface area contributed by atoms with Gasteiger partial charge in [0.15, 0.2) is 0 Å². The lowest BCUT2D eigenvalue weighted by Crippen LogP contribution is -2.23. The molecule has 0 amide bonds. The molecule has 1 N–H and O–H groups in total. The molecule has 0 bridgehead atoms. The van der Waals surface area contributed by atoms with Gasteiger partial charge in [0.25, 0.3) is 0 Å². The molecule has 0 aliphatic heterocycles. The Labute approximate surface area is 122 Å². The van der Waals surface area contributed by atoms with E-state index >= 15 is 0 Å². The average Bonchev–Trinajstić information content (AvgIpc) is 2.83. The zero-order chi connectivity index (χ0) is 14.8. The largest absolute Gasteiger partial charge is 0.250 e. The monoisotopic (exact) mass is 307 g/mol. The highest BCUT2D eigenvalue weighted by molar-refractivity contribution is 7.89. The maximum Gasteiger partial charge on any atom is 0.241 e. The minimum Gasteiger partial charge on any atom is -0.250 e. The first-order valence-electron chi connectivity index (χ1n) is 5.84. The van der Waals surface area contributed by atoms with Gasteiger partial charge in [-0.15, -0.1) is 11.3 Å². The molecule has 1 aromatic carbocycles. The van der Waals surface area contributed by atoms with Gasteiger partial charge in [-0.1, -0.05) is 6.07 Å². The Balaban J connectivity index is 2.24. The molecule has 0 saturated heterocycles. The first-order chi connectivity index (χ1) is 9.42. The fourth-order valence-corrected chi connectivity index (χ4v) is 3.79. The van der Waals surface area contributed by atoms with Gasteiger partial charge in [-0.3, -0.25) is 0 Å². The van der Waals surface area contributed by atoms with E-state index in [2.05, 4.69) is 9.71 Å². The summed E-state index contributed by atoms with van der Waals surface area (Å²) in [5.41, 5.74) is 0.932. The average molecular weight is 307 g/mol. The van der Waals surface area contributed by atoms with Crippen LogP contribution < -0.4 is 4.72 Å². The van der Waals surface area contributed by atoms with Gasteiger partial charge in [-0.25, -0.2) is 18.1 Å². The molecule has 0 aliphatic carbocycles. The Bertz CT molecular complexity index is 773. The number of benzene rings is 1. The highest BCUT2D eigenvalue weighted by Gasteiger charge is 2.17. The van der Waals surface area contributed by atoms with Crippen molar-refractivity contribution in [1.29, 1.82) is 5.26 Å². The van der Waals surface area contributed by atoms with Crippen LogP contribution in [0.5, 0.6) is 0 Å². The van der Waals surface area contributed by atoms with Crippen LogP contribution in [0.25, 0.3) is 0 Å². The van der Waals surface area contributed by atoms with Gasteiger partial charge in [-0.05, 0) is 31.5 Å². The van der Waals surface area contributed by atoms with Crippen molar-refractivity contribution in [2.75, 3.05) is 0 Å². The van der Waals surface area contributed by atoms with E-state index in [1.165, 1.54) is 17.4 Å². The lowest BCUT2D eigenvalue weighted by atomic mass is 10.2. The van der Waals surface area contributed by atoms with E-state index in [-0.39, 0.29) is 11.4 Å². The summed E-state index contributed by atoms with van der Waals surface area (Å²) < 4.78 is 27.1. The van der Waals surface area contributed by atoms with Gasteiger partial charge in [0, 0.05) is 17.6 Å². The molecule has 0 aliphatic rings. The summed E-state index contributed by atoms with van der Waals surface area (Å²) in [6.07, 6.45) is 1.65. The third-order valence-electron chi connectivity index (χ3n) is 2.71. The van der Waals surface area contributed by atoms with Gasteiger partial charge >= 0.3 is 0 Å². The summed E-state index contributed by atoms with van der Waals surface area (Å²) in [5.74, 6) is 0. The zero-order valence-electron chi connectivity index (χ0n) is 11.0. The fourth-order valence-electron chi connectivity index (χ4n) is 1.69. The van der Waals surface area contributed by atoms with E-state index in [0.29, 0.717) is 11.1 Å². The SMILES string of the molecule is Cc1ncc(CNS(=O)(=O)c2cc(C#N)ccc2C)s1. The second-order valence-corrected chi connectivity index (χ2v) is 7.32. The number of hydrogen-bond acceptors (Lipinski definition) is 5. The van der Waals surface area contributed by atoms with Crippen LogP contribution in [0.2, 0.25) is 0 Å². The van der Waals surface area contributed by atoms with Gasteiger partial charge in [0.1, 0.15) is 0 Å². The number of nitriles is 1. The highest BCUT2D eigenvalue weighted by atomic mass is 32.2. The van der Waals surface area contributed by atoms with Gasteiger partial charge < -0.3 is 0 Å². The molecular weight excluding hydrogens is 294 g/mol. The van der Waals surface area contributed by atoms with E-state index in [4.69, 9.17) is 5.26 Å². The molecule has 104 valence electrons. The van der Waals surface area contributed by atoms with Crippen molar-refractivity contribution < 1.29 is 8.42 Å². The molecule has 0 fully saturated rings. The highest BCUT2D eigenvalue weighted by Crippen LogP contribution is 2.18. The fraction of sp³-hybridized carbons (Fsp3) is 0.231. The zero-order valence-corrected chi connectivity index (χ0v) is 12.7. The minimum atomic E-state index is -3.63. The topological polar surface area (TPSA) is 82.8 Å². The summed E-state index contributed by atoms with van der Waals surface area (Å²) in [4.78, 5) is 5.06. The molecule has 0 atom stereocenters. The van der Waals surface area contributed by atoms with Crippen LogP contribution in [-0.4, -0.2) is 13.4 Å². The number of aryl methyl sites for hydroxylation is 2. The molecule has 5 nitrogen and oxygen atoms in total. The van der Waals surface area contributed by atoms with E-state index in [1.807, 2.05) is 13.0 Å². The van der Waals surface area contributed by atoms with Gasteiger partial charge in [0.05, 0.1) is 21.5 Å². The molecule has 1 aromatic heterocycles. The predicted molar refractivity (Wildman–Crippen MR) is 76.8 cm³/mol. The summed E-state index contributed by atoms with van der Waals surface area (Å²) in [6, 6.07) is 6.56. The van der Waals surface area contributed by atoms with Crippen LogP contribution in [0.4, 0.5) is 0 Å². The summed E-state index contributed by atoms with van der Waals surface area (Å²) >= 11 is 1.45. The third kappa shape index (κ3) is 3.22. The molecule has 2 rings (SSSR count). The van der Waals surface area contributed by atoms with Crippen LogP contribution in [0.15, 0.2) is 29.3 Å². The second-order valence-electron chi connectivity index (χ2n) is 4.26. The standard InChI is InChI=1S/C13H13N3O2S2/c1-9-3-4-11(6-14)5-13(9)20(17,18)16-8-12-7-15-10(2)19-12/h3-5,7,16H,8H2,1-2H3. The lowest BCUT2D eigenvalue weighted by Gasteiger charge is -2.08. The van der Waals surface area contributed by atoms with Crippen LogP contribution in [-0.2, 0) is 16.6 Å². The predicted octanol–water partition coefficient (Wildman–Crippen LogP) is 2.11. The molecule has 0 saturated carbocycles. The summed E-state index contributed by atoms with van der Waals surface area (Å²) in [7, 11) is -3.63. The van der Waals surface area contributed by atoms with Crippen molar-refractivity contribution in [3.05, 3.63) is 45.4 Å². The Morgan fingerprint density at radius 3 is 2.75 bits per heavy atom. The Morgan fingerprint density at radius 1 is 1.40 bits per heavy atom. The number of sulfonamides is 1. The van der Waals surface area contributed by atoms with Crippen LogP contribution in [0.3, 0.4) is 0 Å². The number of nitrogens with one attached hydrogen (secondary N) is 1. The van der Waals surface area contributed by atoms with Crippen LogP contribution >= 0.6 is 11.3 Å². The van der Waals surface area contributed by atoms with Gasteiger partial charge in [0.2, 0.25) is 10.0 Å². The van der Waals surface area contributed by atoms with Crippen molar-refractivity contribution in [2.45, 2.75) is 25.3 Å². The van der Waals surface area contributed by atoms with Crippen LogP contribution in [0.1, 0.15) is 21.0 Å².